The van der Waals surface area contributed by atoms with Crippen LogP contribution < -0.4 is 5.32 Å². The Bertz CT molecular complexity index is 1270. The molecule has 0 fully saturated rings. The average molecular weight is 1070 g/mol. The zero-order valence-electron chi connectivity index (χ0n) is 51.0. The van der Waals surface area contributed by atoms with Crippen LogP contribution in [0.1, 0.15) is 361 Å². The quantitative estimate of drug-likeness (QED) is 0.0320. The van der Waals surface area contributed by atoms with Gasteiger partial charge in [-0.2, -0.15) is 0 Å². The standard InChI is InChI=1S/C70H131NO5/c1-3-5-7-9-11-13-15-17-19-21-27-31-34-38-42-46-50-54-58-62-68(73)67(66-72)71-69(74)63-59-55-51-47-43-39-35-32-28-25-23-22-24-26-29-33-37-41-45-49-53-57-61-65-76-70(75)64-60-56-52-48-44-40-36-30-20-18-16-14-12-10-8-6-4-2/h18,20,22,24-25,28,58,62,67-68,72-73H,3-17,19,21,23,26-27,29-57,59-61,63-66H2,1-2H3,(H,71,74)/b20-18-,24-22-,28-25-,62-58+. The first-order valence-electron chi connectivity index (χ1n) is 33.9. The largest absolute Gasteiger partial charge is 0.466 e. The highest BCUT2D eigenvalue weighted by Gasteiger charge is 2.18. The summed E-state index contributed by atoms with van der Waals surface area (Å²) in [6.45, 7) is 4.91. The van der Waals surface area contributed by atoms with Crippen molar-refractivity contribution in [2.24, 2.45) is 0 Å². The Labute approximate surface area is 474 Å². The number of unbranched alkanes of at least 4 members (excludes halogenated alkanes) is 46. The minimum atomic E-state index is -0.853. The third-order valence-corrected chi connectivity index (χ3v) is 15.6. The van der Waals surface area contributed by atoms with Crippen molar-refractivity contribution < 1.29 is 24.5 Å². The summed E-state index contributed by atoms with van der Waals surface area (Å²) in [5, 5.41) is 23.2. The summed E-state index contributed by atoms with van der Waals surface area (Å²) in [6, 6.07) is -0.637. The summed E-state index contributed by atoms with van der Waals surface area (Å²) in [4.78, 5) is 24.6. The molecule has 0 aliphatic heterocycles. The van der Waals surface area contributed by atoms with E-state index in [1.54, 1.807) is 6.08 Å². The topological polar surface area (TPSA) is 95.9 Å². The molecule has 0 bridgehead atoms. The van der Waals surface area contributed by atoms with Gasteiger partial charge in [-0.05, 0) is 89.9 Å². The summed E-state index contributed by atoms with van der Waals surface area (Å²) in [5.74, 6) is -0.0730. The molecule has 6 heteroatoms. The third-order valence-electron chi connectivity index (χ3n) is 15.6. The second-order valence-electron chi connectivity index (χ2n) is 23.1. The number of amides is 1. The Morgan fingerprint density at radius 2 is 0.658 bits per heavy atom. The number of aliphatic hydroxyl groups is 2. The number of carbonyl (C=O) groups is 2. The molecule has 0 spiro atoms. The van der Waals surface area contributed by atoms with E-state index >= 15 is 0 Å². The van der Waals surface area contributed by atoms with Gasteiger partial charge in [-0.15, -0.1) is 0 Å². The Morgan fingerprint density at radius 1 is 0.368 bits per heavy atom. The highest BCUT2D eigenvalue weighted by molar-refractivity contribution is 5.76. The molecule has 446 valence electrons. The molecule has 2 atom stereocenters. The summed E-state index contributed by atoms with van der Waals surface area (Å²) in [6.07, 6.45) is 84.5. The van der Waals surface area contributed by atoms with Crippen molar-refractivity contribution in [1.82, 2.24) is 5.32 Å². The molecule has 0 heterocycles. The molecule has 0 aromatic rings. The molecule has 76 heavy (non-hydrogen) atoms. The Morgan fingerprint density at radius 3 is 1.01 bits per heavy atom. The van der Waals surface area contributed by atoms with Crippen LogP contribution in [0.25, 0.3) is 0 Å². The second-order valence-corrected chi connectivity index (χ2v) is 23.1. The SMILES string of the molecule is CCCCCCCC/C=C\CCCCCCCCCC(=O)OCCCCCCCCCCC/C=C\C/C=C\CCCCCCCCCC(=O)NC(CO)C(O)/C=C/CCCCCCCCCCCCCCCCCCC. The number of hydrogen-bond acceptors (Lipinski definition) is 5. The molecule has 0 aromatic heterocycles. The fourth-order valence-corrected chi connectivity index (χ4v) is 10.4. The summed E-state index contributed by atoms with van der Waals surface area (Å²) >= 11 is 0. The number of rotatable bonds is 63. The van der Waals surface area contributed by atoms with Crippen molar-refractivity contribution >= 4 is 11.9 Å². The molecule has 0 aromatic carbocycles. The van der Waals surface area contributed by atoms with Gasteiger partial charge >= 0.3 is 5.97 Å². The fraction of sp³-hybridized carbons (Fsp3) is 0.857. The zero-order chi connectivity index (χ0) is 55.0. The van der Waals surface area contributed by atoms with Gasteiger partial charge in [0, 0.05) is 12.8 Å². The van der Waals surface area contributed by atoms with Crippen LogP contribution in [0.3, 0.4) is 0 Å². The summed E-state index contributed by atoms with van der Waals surface area (Å²) in [5.41, 5.74) is 0. The molecule has 0 aliphatic rings. The number of hydrogen-bond donors (Lipinski definition) is 3. The Hall–Kier alpha value is -2.18. The van der Waals surface area contributed by atoms with E-state index in [-0.39, 0.29) is 18.5 Å². The van der Waals surface area contributed by atoms with Crippen LogP contribution in [-0.4, -0.2) is 47.4 Å². The van der Waals surface area contributed by atoms with Crippen molar-refractivity contribution in [2.75, 3.05) is 13.2 Å². The predicted molar refractivity (Wildman–Crippen MR) is 333 cm³/mol. The van der Waals surface area contributed by atoms with Gasteiger partial charge in [0.15, 0.2) is 0 Å². The van der Waals surface area contributed by atoms with Crippen LogP contribution in [0.2, 0.25) is 0 Å². The number of aliphatic hydroxyl groups excluding tert-OH is 2. The van der Waals surface area contributed by atoms with Crippen LogP contribution in [0.4, 0.5) is 0 Å². The number of esters is 1. The van der Waals surface area contributed by atoms with Crippen molar-refractivity contribution in [3.63, 3.8) is 0 Å². The molecule has 6 nitrogen and oxygen atoms in total. The normalized spacial score (nSPS) is 12.8. The van der Waals surface area contributed by atoms with Gasteiger partial charge in [-0.1, -0.05) is 306 Å². The lowest BCUT2D eigenvalue weighted by atomic mass is 10.0. The van der Waals surface area contributed by atoms with Gasteiger partial charge < -0.3 is 20.3 Å². The van der Waals surface area contributed by atoms with Gasteiger partial charge in [-0.25, -0.2) is 0 Å². The Balaban J connectivity index is 3.47. The number of carbonyl (C=O) groups excluding carboxylic acids is 2. The molecule has 1 amide bonds. The maximum Gasteiger partial charge on any atom is 0.305 e. The van der Waals surface area contributed by atoms with E-state index in [9.17, 15) is 19.8 Å². The molecule has 0 rings (SSSR count). The predicted octanol–water partition coefficient (Wildman–Crippen LogP) is 21.7. The van der Waals surface area contributed by atoms with E-state index in [0.29, 0.717) is 19.4 Å². The highest BCUT2D eigenvalue weighted by Crippen LogP contribution is 2.17. The fourth-order valence-electron chi connectivity index (χ4n) is 10.4. The lowest BCUT2D eigenvalue weighted by molar-refractivity contribution is -0.143. The van der Waals surface area contributed by atoms with Gasteiger partial charge in [0.05, 0.1) is 25.4 Å². The van der Waals surface area contributed by atoms with Crippen molar-refractivity contribution in [3.05, 3.63) is 48.6 Å². The van der Waals surface area contributed by atoms with E-state index < -0.39 is 12.1 Å². The first-order chi connectivity index (χ1) is 37.5. The van der Waals surface area contributed by atoms with Gasteiger partial charge in [0.2, 0.25) is 5.91 Å². The minimum absolute atomic E-state index is 0.00330. The molecular weight excluding hydrogens is 935 g/mol. The molecular formula is C70H131NO5. The first kappa shape index (κ1) is 73.8. The van der Waals surface area contributed by atoms with Crippen LogP contribution in [0.5, 0.6) is 0 Å². The molecule has 2 unspecified atom stereocenters. The van der Waals surface area contributed by atoms with Crippen molar-refractivity contribution in [3.8, 4) is 0 Å². The maximum atomic E-state index is 12.5. The average Bonchev–Trinajstić information content (AvgIpc) is 3.42. The van der Waals surface area contributed by atoms with Gasteiger partial charge in [0.1, 0.15) is 0 Å². The molecule has 3 N–H and O–H groups in total. The zero-order valence-corrected chi connectivity index (χ0v) is 51.0. The molecule has 0 aliphatic carbocycles. The smallest absolute Gasteiger partial charge is 0.305 e. The van der Waals surface area contributed by atoms with Crippen LogP contribution in [-0.2, 0) is 14.3 Å². The molecule has 0 saturated carbocycles. The first-order valence-corrected chi connectivity index (χ1v) is 33.9. The van der Waals surface area contributed by atoms with Crippen LogP contribution in [0, 0.1) is 0 Å². The minimum Gasteiger partial charge on any atom is -0.466 e. The van der Waals surface area contributed by atoms with E-state index in [2.05, 4.69) is 55.6 Å². The van der Waals surface area contributed by atoms with E-state index in [1.807, 2.05) is 6.08 Å². The maximum absolute atomic E-state index is 12.5. The third kappa shape index (κ3) is 61.0. The Kier molecular flexibility index (Phi) is 63.5. The van der Waals surface area contributed by atoms with Crippen LogP contribution >= 0.6 is 0 Å². The van der Waals surface area contributed by atoms with E-state index in [4.69, 9.17) is 4.74 Å². The molecule has 0 saturated heterocycles. The van der Waals surface area contributed by atoms with Crippen molar-refractivity contribution in [2.45, 2.75) is 373 Å². The summed E-state index contributed by atoms with van der Waals surface area (Å²) in [7, 11) is 0. The lowest BCUT2D eigenvalue weighted by Crippen LogP contribution is -2.45. The number of ether oxygens (including phenoxy) is 1. The second kappa shape index (κ2) is 65.3. The van der Waals surface area contributed by atoms with Crippen LogP contribution in [0.15, 0.2) is 48.6 Å². The summed E-state index contributed by atoms with van der Waals surface area (Å²) < 4.78 is 5.49. The van der Waals surface area contributed by atoms with Gasteiger partial charge in [-0.3, -0.25) is 9.59 Å². The van der Waals surface area contributed by atoms with Gasteiger partial charge in [0.25, 0.3) is 0 Å². The van der Waals surface area contributed by atoms with Crippen molar-refractivity contribution in [1.29, 1.82) is 0 Å². The number of allylic oxidation sites excluding steroid dienone is 7. The number of nitrogens with one attached hydrogen (secondary N) is 1. The van der Waals surface area contributed by atoms with E-state index in [1.165, 1.54) is 270 Å². The lowest BCUT2D eigenvalue weighted by Gasteiger charge is -2.20. The highest BCUT2D eigenvalue weighted by atomic mass is 16.5. The van der Waals surface area contributed by atoms with E-state index in [0.717, 1.165) is 64.2 Å². The monoisotopic (exact) mass is 1070 g/mol. The molecule has 0 radical (unpaired) electrons.